The minimum absolute atomic E-state index is 0.0209. The number of rotatable bonds is 5. The maximum Gasteiger partial charge on any atom is 0.306 e. The van der Waals surface area contributed by atoms with Crippen LogP contribution < -0.4 is 0 Å². The number of Topliss-reactive ketones (excluding diaryl/α,β-unsaturated/α-hetero) is 1. The molecule has 3 aliphatic heterocycles. The average molecular weight is 852 g/mol. The van der Waals surface area contributed by atoms with Crippen molar-refractivity contribution in [2.24, 2.45) is 5.92 Å². The minimum atomic E-state index is -1.14. The molecule has 7 heteroatoms. The Balaban J connectivity index is 1.27. The third kappa shape index (κ3) is 7.75. The van der Waals surface area contributed by atoms with Gasteiger partial charge in [0, 0.05) is 57.2 Å². The van der Waals surface area contributed by atoms with E-state index in [4.69, 9.17) is 14.7 Å². The molecule has 4 aliphatic rings. The predicted octanol–water partition coefficient (Wildman–Crippen LogP) is 14.1. The molecule has 7 aromatic rings. The molecular weight excluding hydrogens is 801 g/mol. The number of nitrogens with one attached hydrogen (secondary N) is 2. The van der Waals surface area contributed by atoms with Gasteiger partial charge in [-0.3, -0.25) is 9.59 Å². The van der Waals surface area contributed by atoms with Gasteiger partial charge in [-0.05, 0) is 121 Å². The van der Waals surface area contributed by atoms with E-state index >= 15 is 0 Å². The first-order valence-corrected chi connectivity index (χ1v) is 23.1. The first-order chi connectivity index (χ1) is 32.4. The van der Waals surface area contributed by atoms with Crippen LogP contribution in [0.2, 0.25) is 0 Å². The molecule has 3 aromatic heterocycles. The molecule has 6 heterocycles. The van der Waals surface area contributed by atoms with Gasteiger partial charge in [0.25, 0.3) is 0 Å². The molecule has 1 aliphatic carbocycles. The number of H-pyrrole nitrogens is 2. The van der Waals surface area contributed by atoms with Crippen LogP contribution in [0.15, 0.2) is 146 Å². The summed E-state index contributed by atoms with van der Waals surface area (Å²) in [4.78, 5) is 45.9. The number of benzene rings is 4. The van der Waals surface area contributed by atoms with Gasteiger partial charge in [-0.25, -0.2) is 9.97 Å². The van der Waals surface area contributed by atoms with Crippen LogP contribution in [0.3, 0.4) is 0 Å². The van der Waals surface area contributed by atoms with Crippen molar-refractivity contribution in [1.29, 1.82) is 0 Å². The van der Waals surface area contributed by atoms with Gasteiger partial charge in [0.15, 0.2) is 11.4 Å². The number of hydrogen-bond acceptors (Lipinski definition) is 5. The Hall–Kier alpha value is -7.38. The van der Waals surface area contributed by atoms with Crippen LogP contribution in [0.4, 0.5) is 0 Å². The van der Waals surface area contributed by atoms with E-state index in [0.29, 0.717) is 43.9 Å². The topological polar surface area (TPSA) is 101 Å². The van der Waals surface area contributed by atoms with Crippen LogP contribution in [0.25, 0.3) is 90.4 Å². The van der Waals surface area contributed by atoms with Crippen molar-refractivity contribution < 1.29 is 15.7 Å². The van der Waals surface area contributed by atoms with Crippen molar-refractivity contribution >= 4 is 57.6 Å². The highest BCUT2D eigenvalue weighted by atomic mass is 16.6. The van der Waals surface area contributed by atoms with E-state index in [1.165, 1.54) is 0 Å². The Morgan fingerprint density at radius 1 is 0.508 bits per heavy atom. The van der Waals surface area contributed by atoms with Gasteiger partial charge in [-0.1, -0.05) is 128 Å². The Morgan fingerprint density at radius 3 is 1.51 bits per heavy atom. The summed E-state index contributed by atoms with van der Waals surface area (Å²) in [5.74, 6) is -0.416. The number of esters is 1. The van der Waals surface area contributed by atoms with Gasteiger partial charge < -0.3 is 14.7 Å². The fourth-order valence-electron chi connectivity index (χ4n) is 10.4. The molecule has 2 fully saturated rings. The maximum absolute atomic E-state index is 13.9. The van der Waals surface area contributed by atoms with Gasteiger partial charge in [-0.2, -0.15) is 0 Å². The maximum atomic E-state index is 13.9. The van der Waals surface area contributed by atoms with Crippen molar-refractivity contribution in [3.05, 3.63) is 168 Å². The average Bonchev–Trinajstić information content (AvgIpc) is 4.19. The number of ketones is 1. The Labute approximate surface area is 380 Å². The number of aromatic amines is 2. The van der Waals surface area contributed by atoms with E-state index in [1.807, 2.05) is 48.5 Å². The lowest BCUT2D eigenvalue weighted by Crippen LogP contribution is -2.46. The normalized spacial score (nSPS) is 19.3. The second-order valence-corrected chi connectivity index (χ2v) is 17.7. The number of aromatic nitrogens is 4. The van der Waals surface area contributed by atoms with Crippen LogP contribution in [0, 0.1) is 5.92 Å². The molecular formula is C58H50N4O3. The van der Waals surface area contributed by atoms with E-state index in [0.717, 1.165) is 115 Å². The minimum Gasteiger partial charge on any atom is -0.451 e. The molecule has 4 aromatic carbocycles. The van der Waals surface area contributed by atoms with E-state index in [9.17, 15) is 11.0 Å². The monoisotopic (exact) mass is 851 g/mol. The van der Waals surface area contributed by atoms with Gasteiger partial charge in [0.1, 0.15) is 0 Å². The quantitative estimate of drug-likeness (QED) is 0.168. The smallest absolute Gasteiger partial charge is 0.306 e. The van der Waals surface area contributed by atoms with E-state index in [2.05, 4.69) is 119 Å². The second kappa shape index (κ2) is 17.3. The summed E-state index contributed by atoms with van der Waals surface area (Å²) in [6.45, 7) is 0. The molecule has 2 atom stereocenters. The van der Waals surface area contributed by atoms with Crippen molar-refractivity contribution in [3.8, 4) is 44.5 Å². The Morgan fingerprint density at radius 2 is 0.985 bits per heavy atom. The first kappa shape index (κ1) is 39.2. The SMILES string of the molecule is [2H]C1=C([C@H]2CCCCC(=O)O[C@@]3(CCCCC3=O)CC2)c2nc1c(-c1ccccc1)c1ccc([nH]1)c(-c1ccccc1)c1nc(c(-c3ccccc3)c3ccc([nH]3)c2-c2ccccc2)C=C1. The summed E-state index contributed by atoms with van der Waals surface area (Å²) < 4.78 is 16.7. The molecule has 11 rings (SSSR count). The molecule has 320 valence electrons. The zero-order chi connectivity index (χ0) is 44.6. The molecule has 7 nitrogen and oxygen atoms in total. The highest BCUT2D eigenvalue weighted by Gasteiger charge is 2.44. The lowest BCUT2D eigenvalue weighted by atomic mass is 9.76. The van der Waals surface area contributed by atoms with Gasteiger partial charge in [-0.15, -0.1) is 0 Å². The molecule has 1 saturated heterocycles. The van der Waals surface area contributed by atoms with E-state index in [-0.39, 0.29) is 24.1 Å². The van der Waals surface area contributed by atoms with E-state index in [1.54, 1.807) is 0 Å². The number of carbonyl (C=O) groups excluding carboxylic acids is 2. The highest BCUT2D eigenvalue weighted by molar-refractivity contribution is 6.02. The first-order valence-electron chi connectivity index (χ1n) is 23.6. The largest absolute Gasteiger partial charge is 0.451 e. The lowest BCUT2D eigenvalue weighted by Gasteiger charge is -2.37. The summed E-state index contributed by atoms with van der Waals surface area (Å²) in [5, 5.41) is 0. The van der Waals surface area contributed by atoms with Crippen molar-refractivity contribution in [2.45, 2.75) is 69.8 Å². The van der Waals surface area contributed by atoms with Gasteiger partial charge in [0.05, 0.1) is 24.1 Å². The number of hydrogen-bond donors (Lipinski definition) is 2. The summed E-state index contributed by atoms with van der Waals surface area (Å²) in [6.07, 6.45) is 10.2. The zero-order valence-electron chi connectivity index (χ0n) is 37.3. The molecule has 8 bridgehead atoms. The van der Waals surface area contributed by atoms with Crippen molar-refractivity contribution in [3.63, 3.8) is 0 Å². The van der Waals surface area contributed by atoms with Gasteiger partial charge in [0.2, 0.25) is 0 Å². The Kier molecular flexibility index (Phi) is 10.4. The highest BCUT2D eigenvalue weighted by Crippen LogP contribution is 2.46. The molecule has 0 unspecified atom stereocenters. The number of ether oxygens (including phenoxy) is 1. The van der Waals surface area contributed by atoms with E-state index < -0.39 is 5.60 Å². The zero-order valence-corrected chi connectivity index (χ0v) is 36.3. The Bertz CT molecular complexity index is 3230. The molecule has 65 heavy (non-hydrogen) atoms. The fourth-order valence-corrected chi connectivity index (χ4v) is 10.4. The van der Waals surface area contributed by atoms with Crippen molar-refractivity contribution in [1.82, 2.24) is 19.9 Å². The number of carbonyl (C=O) groups is 2. The van der Waals surface area contributed by atoms with Crippen LogP contribution >= 0.6 is 0 Å². The second-order valence-electron chi connectivity index (χ2n) is 17.7. The molecule has 0 amide bonds. The van der Waals surface area contributed by atoms with Crippen molar-refractivity contribution in [2.75, 3.05) is 0 Å². The molecule has 1 spiro atoms. The summed E-state index contributed by atoms with van der Waals surface area (Å²) in [6, 6.07) is 50.2. The molecule has 0 radical (unpaired) electrons. The fraction of sp³-hybridized carbons (Fsp3) is 0.207. The van der Waals surface area contributed by atoms with Crippen LogP contribution in [-0.2, 0) is 14.3 Å². The lowest BCUT2D eigenvalue weighted by molar-refractivity contribution is -0.172. The number of nitrogens with zero attached hydrogens (tertiary/aromatic N) is 2. The third-order valence-corrected chi connectivity index (χ3v) is 13.6. The standard InChI is InChI=1S/C58H50N4O3/c63-51-26-15-16-35-58(51)36-34-38(17-13-14-27-52(64)65-58)43-37-50-55(41-22-9-3-10-23-41)48-31-30-46(60-48)53(39-18-5-1-6-19-39)44-28-29-45(59-44)54(40-20-7-2-8-21-40)47-32-33-49(61-47)56(57(43)62-50)42-24-11-4-12-25-42/h1-12,18-25,28-33,37-38,60-61H,13-17,26-27,34-36H2/t38-,58-/m0/s1/i37D. The van der Waals surface area contributed by atoms with Crippen LogP contribution in [0.1, 0.15) is 88.4 Å². The number of fused-ring (bicyclic) bond motifs is 8. The third-order valence-electron chi connectivity index (χ3n) is 13.6. The summed E-state index contributed by atoms with van der Waals surface area (Å²) in [7, 11) is 0. The predicted molar refractivity (Wildman–Crippen MR) is 263 cm³/mol. The molecule has 2 N–H and O–H groups in total. The summed E-state index contributed by atoms with van der Waals surface area (Å²) >= 11 is 0. The number of allylic oxidation sites excluding steroid dienone is 1. The molecule has 1 saturated carbocycles. The summed E-state index contributed by atoms with van der Waals surface area (Å²) in [5.41, 5.74) is 13.8. The van der Waals surface area contributed by atoms with Gasteiger partial charge >= 0.3 is 5.97 Å². The van der Waals surface area contributed by atoms with Crippen LogP contribution in [-0.4, -0.2) is 37.3 Å². The van der Waals surface area contributed by atoms with Crippen LogP contribution in [0.5, 0.6) is 0 Å².